The molecular formula is C9H16FNO2. The lowest BCUT2D eigenvalue weighted by Gasteiger charge is -2.25. The summed E-state index contributed by atoms with van der Waals surface area (Å²) in [6.07, 6.45) is 1.27. The maximum absolute atomic E-state index is 13.3. The smallest absolute Gasteiger partial charge is 0.342 e. The molecule has 0 radical (unpaired) electrons. The van der Waals surface area contributed by atoms with Gasteiger partial charge in [0.1, 0.15) is 0 Å². The van der Waals surface area contributed by atoms with E-state index in [1.165, 1.54) is 0 Å². The Morgan fingerprint density at radius 1 is 1.69 bits per heavy atom. The van der Waals surface area contributed by atoms with E-state index >= 15 is 0 Å². The summed E-state index contributed by atoms with van der Waals surface area (Å²) in [4.78, 5) is 11.0. The highest BCUT2D eigenvalue weighted by Crippen LogP contribution is 2.13. The lowest BCUT2D eigenvalue weighted by molar-refractivity contribution is -0.150. The highest BCUT2D eigenvalue weighted by atomic mass is 19.1. The third kappa shape index (κ3) is 2.95. The number of carbonyl (C=O) groups is 1. The molecule has 1 heterocycles. The van der Waals surface area contributed by atoms with E-state index < -0.39 is 12.1 Å². The molecule has 0 spiro atoms. The van der Waals surface area contributed by atoms with Gasteiger partial charge in [-0.2, -0.15) is 0 Å². The molecule has 13 heavy (non-hydrogen) atoms. The first-order valence-electron chi connectivity index (χ1n) is 4.79. The Hall–Kier alpha value is -0.640. The van der Waals surface area contributed by atoms with Crippen molar-refractivity contribution in [1.82, 2.24) is 5.32 Å². The van der Waals surface area contributed by atoms with E-state index in [0.29, 0.717) is 0 Å². The first kappa shape index (κ1) is 10.4. The predicted octanol–water partition coefficient (Wildman–Crippen LogP) is 1.03. The normalized spacial score (nSPS) is 25.2. The second-order valence-electron chi connectivity index (χ2n) is 3.21. The van der Waals surface area contributed by atoms with Crippen molar-refractivity contribution in [3.8, 4) is 0 Å². The monoisotopic (exact) mass is 189 g/mol. The minimum Gasteiger partial charge on any atom is -0.464 e. The van der Waals surface area contributed by atoms with E-state index in [1.54, 1.807) is 6.92 Å². The average Bonchev–Trinajstić information content (AvgIpc) is 2.18. The van der Waals surface area contributed by atoms with Crippen molar-refractivity contribution in [3.63, 3.8) is 0 Å². The summed E-state index contributed by atoms with van der Waals surface area (Å²) >= 11 is 0. The van der Waals surface area contributed by atoms with Gasteiger partial charge in [0, 0.05) is 6.04 Å². The summed E-state index contributed by atoms with van der Waals surface area (Å²) < 4.78 is 17.9. The van der Waals surface area contributed by atoms with E-state index in [9.17, 15) is 9.18 Å². The van der Waals surface area contributed by atoms with Crippen LogP contribution in [0, 0.1) is 0 Å². The van der Waals surface area contributed by atoms with Crippen molar-refractivity contribution in [2.24, 2.45) is 0 Å². The number of hydrogen-bond donors (Lipinski definition) is 1. The molecule has 0 aromatic rings. The molecular weight excluding hydrogens is 173 g/mol. The van der Waals surface area contributed by atoms with Crippen molar-refractivity contribution in [1.29, 1.82) is 0 Å². The molecule has 76 valence electrons. The Morgan fingerprint density at radius 3 is 3.00 bits per heavy atom. The topological polar surface area (TPSA) is 38.3 Å². The van der Waals surface area contributed by atoms with Gasteiger partial charge in [-0.25, -0.2) is 9.18 Å². The lowest BCUT2D eigenvalue weighted by atomic mass is 10.0. The molecule has 1 N–H and O–H groups in total. The van der Waals surface area contributed by atoms with Crippen molar-refractivity contribution in [3.05, 3.63) is 0 Å². The first-order valence-corrected chi connectivity index (χ1v) is 4.79. The van der Waals surface area contributed by atoms with Crippen LogP contribution in [0.5, 0.6) is 0 Å². The van der Waals surface area contributed by atoms with Crippen LogP contribution in [0.3, 0.4) is 0 Å². The molecule has 1 aliphatic rings. The molecule has 1 aliphatic heterocycles. The van der Waals surface area contributed by atoms with Gasteiger partial charge in [0.2, 0.25) is 6.17 Å². The molecule has 2 unspecified atom stereocenters. The molecule has 1 rings (SSSR count). The van der Waals surface area contributed by atoms with Crippen LogP contribution in [0.1, 0.15) is 26.2 Å². The summed E-state index contributed by atoms with van der Waals surface area (Å²) in [6.45, 7) is 2.72. The predicted molar refractivity (Wildman–Crippen MR) is 47.2 cm³/mol. The summed E-state index contributed by atoms with van der Waals surface area (Å²) in [5.41, 5.74) is 0. The largest absolute Gasteiger partial charge is 0.464 e. The van der Waals surface area contributed by atoms with Crippen LogP contribution in [0.15, 0.2) is 0 Å². The van der Waals surface area contributed by atoms with Crippen molar-refractivity contribution in [2.45, 2.75) is 38.4 Å². The second kappa shape index (κ2) is 5.17. The maximum atomic E-state index is 13.3. The van der Waals surface area contributed by atoms with Gasteiger partial charge in [-0.3, -0.25) is 0 Å². The summed E-state index contributed by atoms with van der Waals surface area (Å²) in [6, 6.07) is -0.340. The average molecular weight is 189 g/mol. The Balaban J connectivity index is 2.35. The van der Waals surface area contributed by atoms with Crippen LogP contribution in [0.2, 0.25) is 0 Å². The van der Waals surface area contributed by atoms with Gasteiger partial charge >= 0.3 is 5.97 Å². The third-order valence-corrected chi connectivity index (χ3v) is 2.21. The molecule has 4 heteroatoms. The van der Waals surface area contributed by atoms with E-state index in [4.69, 9.17) is 0 Å². The molecule has 0 aromatic carbocycles. The molecule has 0 saturated carbocycles. The molecule has 0 amide bonds. The molecule has 0 aliphatic carbocycles. The standard InChI is InChI=1S/C9H16FNO2/c1-2-13-9(12)8(10)7-5-3-4-6-11-7/h7-8,11H,2-6H2,1H3. The summed E-state index contributed by atoms with van der Waals surface area (Å²) in [5.74, 6) is -0.734. The van der Waals surface area contributed by atoms with E-state index in [2.05, 4.69) is 10.1 Å². The van der Waals surface area contributed by atoms with Crippen LogP contribution in [0.25, 0.3) is 0 Å². The molecule has 0 bridgehead atoms. The lowest BCUT2D eigenvalue weighted by Crippen LogP contribution is -2.45. The fourth-order valence-electron chi connectivity index (χ4n) is 1.51. The number of rotatable bonds is 3. The number of halogens is 1. The Kier molecular flexibility index (Phi) is 4.15. The van der Waals surface area contributed by atoms with Crippen molar-refractivity contribution >= 4 is 5.97 Å². The van der Waals surface area contributed by atoms with E-state index in [1.807, 2.05) is 0 Å². The number of esters is 1. The number of hydrogen-bond acceptors (Lipinski definition) is 3. The third-order valence-electron chi connectivity index (χ3n) is 2.21. The Morgan fingerprint density at radius 2 is 2.46 bits per heavy atom. The molecule has 1 saturated heterocycles. The zero-order chi connectivity index (χ0) is 9.68. The SMILES string of the molecule is CCOC(=O)C(F)C1CCCCN1. The zero-order valence-corrected chi connectivity index (χ0v) is 7.88. The van der Waals surface area contributed by atoms with Crippen LogP contribution in [0.4, 0.5) is 4.39 Å². The minimum absolute atomic E-state index is 0.242. The fraction of sp³-hybridized carbons (Fsp3) is 0.889. The molecule has 3 nitrogen and oxygen atoms in total. The van der Waals surface area contributed by atoms with Crippen LogP contribution in [-0.4, -0.2) is 31.3 Å². The van der Waals surface area contributed by atoms with Gasteiger partial charge < -0.3 is 10.1 Å². The maximum Gasteiger partial charge on any atom is 0.342 e. The summed E-state index contributed by atoms with van der Waals surface area (Å²) in [5, 5.41) is 2.98. The first-order chi connectivity index (χ1) is 6.25. The second-order valence-corrected chi connectivity index (χ2v) is 3.21. The molecule has 2 atom stereocenters. The van der Waals surface area contributed by atoms with Gasteiger partial charge in [0.15, 0.2) is 0 Å². The Labute approximate surface area is 77.6 Å². The molecule has 0 aromatic heterocycles. The van der Waals surface area contributed by atoms with Crippen LogP contribution < -0.4 is 5.32 Å². The van der Waals surface area contributed by atoms with Crippen molar-refractivity contribution < 1.29 is 13.9 Å². The van der Waals surface area contributed by atoms with E-state index in [0.717, 1.165) is 25.8 Å². The fourth-order valence-corrected chi connectivity index (χ4v) is 1.51. The van der Waals surface area contributed by atoms with E-state index in [-0.39, 0.29) is 12.6 Å². The summed E-state index contributed by atoms with van der Waals surface area (Å²) in [7, 11) is 0. The number of ether oxygens (including phenoxy) is 1. The number of nitrogens with one attached hydrogen (secondary N) is 1. The quantitative estimate of drug-likeness (QED) is 0.674. The number of carbonyl (C=O) groups excluding carboxylic acids is 1. The number of piperidine rings is 1. The van der Waals surface area contributed by atoms with Gasteiger partial charge in [-0.1, -0.05) is 6.42 Å². The number of alkyl halides is 1. The van der Waals surface area contributed by atoms with Gasteiger partial charge in [0.05, 0.1) is 6.61 Å². The highest BCUT2D eigenvalue weighted by Gasteiger charge is 2.29. The molecule has 1 fully saturated rings. The zero-order valence-electron chi connectivity index (χ0n) is 7.88. The van der Waals surface area contributed by atoms with Crippen molar-refractivity contribution in [2.75, 3.05) is 13.2 Å². The highest BCUT2D eigenvalue weighted by molar-refractivity contribution is 5.75. The van der Waals surface area contributed by atoms with Gasteiger partial charge in [-0.15, -0.1) is 0 Å². The Bertz CT molecular complexity index is 169. The van der Waals surface area contributed by atoms with Crippen LogP contribution in [-0.2, 0) is 9.53 Å². The minimum atomic E-state index is -1.50. The van der Waals surface area contributed by atoms with Gasteiger partial charge in [-0.05, 0) is 26.3 Å². The van der Waals surface area contributed by atoms with Gasteiger partial charge in [0.25, 0.3) is 0 Å². The van der Waals surface area contributed by atoms with Crippen LogP contribution >= 0.6 is 0 Å².